The molecule has 0 bridgehead atoms. The topological polar surface area (TPSA) is 83.0 Å². The Bertz CT molecular complexity index is 362. The van der Waals surface area contributed by atoms with Crippen molar-refractivity contribution in [2.24, 2.45) is 5.73 Å². The molecule has 17 heavy (non-hydrogen) atoms. The Hall–Kier alpha value is -0.810. The van der Waals surface area contributed by atoms with Crippen molar-refractivity contribution in [2.45, 2.75) is 30.1 Å². The van der Waals surface area contributed by atoms with Gasteiger partial charge in [0.15, 0.2) is 0 Å². The first-order valence-electron chi connectivity index (χ1n) is 5.48. The fourth-order valence-corrected chi connectivity index (χ4v) is 3.37. The molecule has 1 spiro atoms. The smallest absolute Gasteiger partial charge is 0.287 e. The van der Waals surface area contributed by atoms with Crippen LogP contribution in [0.25, 0.3) is 4.85 Å². The highest BCUT2D eigenvalue weighted by Crippen LogP contribution is 2.38. The molecule has 2 aliphatic heterocycles. The summed E-state index contributed by atoms with van der Waals surface area (Å²) in [4.78, 5) is 16.7. The van der Waals surface area contributed by atoms with Gasteiger partial charge in [0.25, 0.3) is 6.17 Å². The minimum absolute atomic E-state index is 0.150. The third-order valence-electron chi connectivity index (χ3n) is 3.11. The van der Waals surface area contributed by atoms with Gasteiger partial charge >= 0.3 is 0 Å². The number of likely N-dealkylation sites (tertiary alicyclic amines) is 1. The van der Waals surface area contributed by atoms with Crippen LogP contribution < -0.4 is 11.1 Å². The lowest BCUT2D eigenvalue weighted by Gasteiger charge is -2.47. The first-order chi connectivity index (χ1) is 7.97. The Morgan fingerprint density at radius 2 is 2.41 bits per heavy atom. The molecule has 0 aliphatic carbocycles. The number of carbonyl (C=O) groups is 1. The Morgan fingerprint density at radius 3 is 2.88 bits per heavy atom. The van der Waals surface area contributed by atoms with E-state index in [1.807, 2.05) is 0 Å². The number of amides is 1. The molecule has 0 saturated carbocycles. The van der Waals surface area contributed by atoms with E-state index in [2.05, 4.69) is 10.2 Å². The molecule has 6 nitrogen and oxygen atoms in total. The minimum atomic E-state index is -0.851. The van der Waals surface area contributed by atoms with E-state index in [4.69, 9.17) is 12.3 Å². The average molecular weight is 256 g/mol. The van der Waals surface area contributed by atoms with Crippen molar-refractivity contribution in [3.05, 3.63) is 11.4 Å². The predicted octanol–water partition coefficient (Wildman–Crippen LogP) is -1.19. The van der Waals surface area contributed by atoms with Gasteiger partial charge in [-0.05, 0) is 6.92 Å². The third-order valence-corrected chi connectivity index (χ3v) is 4.52. The fraction of sp³-hybridized carbons (Fsp3) is 0.800. The van der Waals surface area contributed by atoms with Crippen LogP contribution in [-0.4, -0.2) is 57.9 Å². The number of aliphatic hydroxyl groups excluding tert-OH is 1. The second kappa shape index (κ2) is 4.46. The zero-order valence-electron chi connectivity index (χ0n) is 9.59. The molecule has 0 aromatic heterocycles. The molecule has 2 fully saturated rings. The molecule has 4 N–H and O–H groups in total. The SMILES string of the molecule is [C-]#[N+][C@@H]1CSC2(CN(C(=O)[C@@H](N)[C@@H](C)O)C2)N1. The van der Waals surface area contributed by atoms with E-state index in [1.165, 1.54) is 6.92 Å². The Morgan fingerprint density at radius 1 is 1.76 bits per heavy atom. The van der Waals surface area contributed by atoms with Gasteiger partial charge in [0.05, 0.1) is 24.9 Å². The van der Waals surface area contributed by atoms with E-state index in [-0.39, 0.29) is 16.9 Å². The van der Waals surface area contributed by atoms with E-state index < -0.39 is 12.1 Å². The van der Waals surface area contributed by atoms with E-state index in [9.17, 15) is 9.90 Å². The standard InChI is InChI=1S/C10H16N4O2S/c1-6(15)8(11)9(16)14-4-10(5-14)13-7(12-2)3-17-10/h6-8,13,15H,3-5,11H2,1H3/t6-,7+,8+/m1/s1. The summed E-state index contributed by atoms with van der Waals surface area (Å²) < 4.78 is 0. The summed E-state index contributed by atoms with van der Waals surface area (Å²) in [5, 5.41) is 12.5. The predicted molar refractivity (Wildman–Crippen MR) is 65.0 cm³/mol. The lowest BCUT2D eigenvalue weighted by molar-refractivity contribution is -0.140. The Labute approximate surface area is 104 Å². The number of hydrogen-bond donors (Lipinski definition) is 3. The van der Waals surface area contributed by atoms with Crippen LogP contribution in [0.4, 0.5) is 0 Å². The number of nitrogens with zero attached hydrogens (tertiary/aromatic N) is 2. The van der Waals surface area contributed by atoms with Crippen molar-refractivity contribution in [1.29, 1.82) is 0 Å². The maximum atomic E-state index is 11.8. The average Bonchev–Trinajstić information content (AvgIpc) is 2.69. The van der Waals surface area contributed by atoms with Crippen LogP contribution in [-0.2, 0) is 4.79 Å². The number of nitrogens with two attached hydrogens (primary N) is 1. The first kappa shape index (κ1) is 12.6. The summed E-state index contributed by atoms with van der Waals surface area (Å²) in [7, 11) is 0. The highest BCUT2D eigenvalue weighted by molar-refractivity contribution is 8.01. The molecule has 3 atom stereocenters. The molecule has 7 heteroatoms. The van der Waals surface area contributed by atoms with Gasteiger partial charge in [-0.1, -0.05) is 0 Å². The lowest BCUT2D eigenvalue weighted by atomic mass is 10.0. The van der Waals surface area contributed by atoms with E-state index in [0.717, 1.165) is 5.75 Å². The maximum Gasteiger partial charge on any atom is 0.287 e. The van der Waals surface area contributed by atoms with Crippen LogP contribution in [0.1, 0.15) is 6.92 Å². The van der Waals surface area contributed by atoms with Gasteiger partial charge in [-0.2, -0.15) is 0 Å². The second-order valence-corrected chi connectivity index (χ2v) is 5.96. The zero-order chi connectivity index (χ0) is 12.6. The largest absolute Gasteiger partial charge is 0.391 e. The van der Waals surface area contributed by atoms with Gasteiger partial charge in [0.2, 0.25) is 5.91 Å². The van der Waals surface area contributed by atoms with Crippen LogP contribution >= 0.6 is 11.8 Å². The van der Waals surface area contributed by atoms with Crippen molar-refractivity contribution in [1.82, 2.24) is 10.2 Å². The molecule has 2 aliphatic rings. The van der Waals surface area contributed by atoms with Gasteiger partial charge in [-0.3, -0.25) is 9.64 Å². The number of carbonyl (C=O) groups excluding carboxylic acids is 1. The van der Waals surface area contributed by atoms with Crippen LogP contribution in [0, 0.1) is 6.57 Å². The lowest BCUT2D eigenvalue weighted by Crippen LogP contribution is -2.69. The molecular weight excluding hydrogens is 240 g/mol. The third kappa shape index (κ3) is 2.26. The summed E-state index contributed by atoms with van der Waals surface area (Å²) >= 11 is 1.68. The van der Waals surface area contributed by atoms with E-state index in [1.54, 1.807) is 16.7 Å². The summed E-state index contributed by atoms with van der Waals surface area (Å²) in [6.07, 6.45) is -0.984. The van der Waals surface area contributed by atoms with Crippen molar-refractivity contribution in [2.75, 3.05) is 18.8 Å². The molecule has 2 saturated heterocycles. The van der Waals surface area contributed by atoms with Gasteiger partial charge in [0, 0.05) is 0 Å². The molecular formula is C10H16N4O2S. The molecule has 0 aromatic rings. The Balaban J connectivity index is 1.87. The summed E-state index contributed by atoms with van der Waals surface area (Å²) in [5.74, 6) is 0.535. The number of aliphatic hydroxyl groups is 1. The first-order valence-corrected chi connectivity index (χ1v) is 6.47. The van der Waals surface area contributed by atoms with Gasteiger partial charge in [-0.25, -0.2) is 11.9 Å². The highest BCUT2D eigenvalue weighted by atomic mass is 32.2. The van der Waals surface area contributed by atoms with Crippen LogP contribution in [0.2, 0.25) is 0 Å². The van der Waals surface area contributed by atoms with E-state index >= 15 is 0 Å². The normalized spacial score (nSPS) is 29.5. The number of rotatable bonds is 2. The maximum absolute atomic E-state index is 11.8. The quantitative estimate of drug-likeness (QED) is 0.541. The van der Waals surface area contributed by atoms with Crippen molar-refractivity contribution in [3.8, 4) is 0 Å². The zero-order valence-corrected chi connectivity index (χ0v) is 10.4. The number of hydrogen-bond acceptors (Lipinski definition) is 5. The van der Waals surface area contributed by atoms with Crippen LogP contribution in [0.5, 0.6) is 0 Å². The van der Waals surface area contributed by atoms with Gasteiger partial charge < -0.3 is 15.7 Å². The van der Waals surface area contributed by atoms with Crippen molar-refractivity contribution in [3.63, 3.8) is 0 Å². The van der Waals surface area contributed by atoms with Gasteiger partial charge in [0.1, 0.15) is 10.9 Å². The highest BCUT2D eigenvalue weighted by Gasteiger charge is 2.53. The van der Waals surface area contributed by atoms with Gasteiger partial charge in [-0.15, -0.1) is 11.8 Å². The number of nitrogens with one attached hydrogen (secondary N) is 1. The monoisotopic (exact) mass is 256 g/mol. The molecule has 2 heterocycles. The molecule has 2 rings (SSSR count). The molecule has 0 radical (unpaired) electrons. The molecule has 94 valence electrons. The second-order valence-electron chi connectivity index (χ2n) is 4.56. The summed E-state index contributed by atoms with van der Waals surface area (Å²) in [6, 6.07) is -0.851. The minimum Gasteiger partial charge on any atom is -0.391 e. The molecule has 0 unspecified atom stereocenters. The van der Waals surface area contributed by atoms with Crippen LogP contribution in [0.3, 0.4) is 0 Å². The summed E-state index contributed by atoms with van der Waals surface area (Å²) in [6.45, 7) is 9.58. The van der Waals surface area contributed by atoms with Crippen molar-refractivity contribution >= 4 is 17.7 Å². The van der Waals surface area contributed by atoms with Crippen molar-refractivity contribution < 1.29 is 9.90 Å². The molecule has 0 aromatic carbocycles. The van der Waals surface area contributed by atoms with E-state index in [0.29, 0.717) is 13.1 Å². The molecule has 1 amide bonds. The van der Waals surface area contributed by atoms with Crippen LogP contribution in [0.15, 0.2) is 0 Å². The summed E-state index contributed by atoms with van der Waals surface area (Å²) in [5.41, 5.74) is 5.59. The number of thioether (sulfide) groups is 1. The fourth-order valence-electron chi connectivity index (χ4n) is 2.02. The Kier molecular flexibility index (Phi) is 3.32.